The number of rotatable bonds is 7. The van der Waals surface area contributed by atoms with Gasteiger partial charge in [0, 0.05) is 18.4 Å². The Bertz CT molecular complexity index is 497. The minimum Gasteiger partial charge on any atom is -0.466 e. The molecule has 0 heterocycles. The van der Waals surface area contributed by atoms with Gasteiger partial charge in [0.15, 0.2) is 5.78 Å². The first-order valence-corrected chi connectivity index (χ1v) is 6.36. The van der Waals surface area contributed by atoms with E-state index in [1.54, 1.807) is 6.92 Å². The molecule has 1 aromatic rings. The normalized spacial score (nSPS) is 11.0. The van der Waals surface area contributed by atoms with Crippen LogP contribution in [0.2, 0.25) is 0 Å². The topological polar surface area (TPSA) is 52.6 Å². The molecular weight excluding hydrogens is 289 g/mol. The highest BCUT2D eigenvalue weighted by Gasteiger charge is 2.31. The molecule has 0 N–H and O–H groups in total. The number of Topliss-reactive ketones (excluding diaryl/α,β-unsaturated/α-hetero) is 1. The number of ether oxygens (including phenoxy) is 2. The molecule has 0 saturated carbocycles. The van der Waals surface area contributed by atoms with Crippen molar-refractivity contribution in [2.24, 2.45) is 0 Å². The van der Waals surface area contributed by atoms with Crippen molar-refractivity contribution in [2.75, 3.05) is 6.61 Å². The van der Waals surface area contributed by atoms with Crippen LogP contribution in [-0.4, -0.2) is 24.7 Å². The Morgan fingerprint density at radius 3 is 2.52 bits per heavy atom. The number of benzene rings is 1. The highest BCUT2D eigenvalue weighted by molar-refractivity contribution is 5.96. The molecule has 0 saturated heterocycles. The summed E-state index contributed by atoms with van der Waals surface area (Å²) in [5.74, 6) is -1.20. The Morgan fingerprint density at radius 2 is 1.90 bits per heavy atom. The van der Waals surface area contributed by atoms with Gasteiger partial charge in [-0.1, -0.05) is 12.1 Å². The van der Waals surface area contributed by atoms with Crippen LogP contribution in [0.5, 0.6) is 5.75 Å². The van der Waals surface area contributed by atoms with Crippen LogP contribution >= 0.6 is 0 Å². The zero-order valence-corrected chi connectivity index (χ0v) is 11.4. The first-order chi connectivity index (χ1) is 9.81. The lowest BCUT2D eigenvalue weighted by Crippen LogP contribution is -2.17. The minimum atomic E-state index is -4.80. The van der Waals surface area contributed by atoms with E-state index in [2.05, 4.69) is 4.74 Å². The van der Waals surface area contributed by atoms with E-state index in [-0.39, 0.29) is 37.2 Å². The second kappa shape index (κ2) is 7.66. The fraction of sp³-hybridized carbons (Fsp3) is 0.429. The van der Waals surface area contributed by atoms with Crippen molar-refractivity contribution in [2.45, 2.75) is 32.5 Å². The third-order valence-corrected chi connectivity index (χ3v) is 2.48. The van der Waals surface area contributed by atoms with E-state index in [1.807, 2.05) is 0 Å². The predicted octanol–water partition coefficient (Wildman–Crippen LogP) is 3.50. The number of carbonyl (C=O) groups is 2. The van der Waals surface area contributed by atoms with Crippen LogP contribution in [0.3, 0.4) is 0 Å². The number of halogens is 3. The van der Waals surface area contributed by atoms with Gasteiger partial charge in [-0.3, -0.25) is 9.59 Å². The Kier molecular flexibility index (Phi) is 6.20. The van der Waals surface area contributed by atoms with Crippen LogP contribution in [0, 0.1) is 0 Å². The van der Waals surface area contributed by atoms with Crippen molar-refractivity contribution >= 4 is 11.8 Å². The second-order valence-corrected chi connectivity index (χ2v) is 4.16. The van der Waals surface area contributed by atoms with Crippen molar-refractivity contribution < 1.29 is 32.2 Å². The lowest BCUT2D eigenvalue weighted by molar-refractivity contribution is -0.274. The highest BCUT2D eigenvalue weighted by atomic mass is 19.4. The van der Waals surface area contributed by atoms with E-state index in [1.165, 1.54) is 12.1 Å². The Balaban J connectivity index is 2.54. The molecule has 0 bridgehead atoms. The molecule has 0 spiro atoms. The average Bonchev–Trinajstić information content (AvgIpc) is 2.37. The largest absolute Gasteiger partial charge is 0.573 e. The van der Waals surface area contributed by atoms with Crippen molar-refractivity contribution in [3.8, 4) is 5.75 Å². The molecule has 21 heavy (non-hydrogen) atoms. The van der Waals surface area contributed by atoms with Crippen molar-refractivity contribution in [1.29, 1.82) is 0 Å². The summed E-state index contributed by atoms with van der Waals surface area (Å²) in [7, 11) is 0. The summed E-state index contributed by atoms with van der Waals surface area (Å²) in [6.07, 6.45) is -4.37. The molecule has 0 aliphatic heterocycles. The zero-order valence-electron chi connectivity index (χ0n) is 11.4. The maximum Gasteiger partial charge on any atom is 0.573 e. The maximum absolute atomic E-state index is 12.1. The summed E-state index contributed by atoms with van der Waals surface area (Å²) in [4.78, 5) is 22.9. The summed E-state index contributed by atoms with van der Waals surface area (Å²) >= 11 is 0. The predicted molar refractivity (Wildman–Crippen MR) is 67.9 cm³/mol. The molecule has 0 amide bonds. The van der Waals surface area contributed by atoms with Gasteiger partial charge in [0.2, 0.25) is 0 Å². The molecule has 1 aromatic carbocycles. The van der Waals surface area contributed by atoms with Crippen molar-refractivity contribution in [1.82, 2.24) is 0 Å². The fourth-order valence-corrected chi connectivity index (χ4v) is 1.64. The van der Waals surface area contributed by atoms with Crippen LogP contribution in [0.4, 0.5) is 13.2 Å². The van der Waals surface area contributed by atoms with Gasteiger partial charge in [-0.2, -0.15) is 0 Å². The van der Waals surface area contributed by atoms with Gasteiger partial charge in [0.1, 0.15) is 5.75 Å². The van der Waals surface area contributed by atoms with Gasteiger partial charge in [-0.15, -0.1) is 13.2 Å². The monoisotopic (exact) mass is 304 g/mol. The zero-order chi connectivity index (χ0) is 15.9. The second-order valence-electron chi connectivity index (χ2n) is 4.16. The molecule has 7 heteroatoms. The Hall–Kier alpha value is -2.05. The quantitative estimate of drug-likeness (QED) is 0.571. The van der Waals surface area contributed by atoms with Gasteiger partial charge in [0.05, 0.1) is 6.61 Å². The molecule has 0 radical (unpaired) electrons. The first-order valence-electron chi connectivity index (χ1n) is 6.36. The van der Waals surface area contributed by atoms with Gasteiger partial charge in [-0.25, -0.2) is 0 Å². The van der Waals surface area contributed by atoms with Crippen LogP contribution < -0.4 is 4.74 Å². The molecule has 0 atom stereocenters. The average molecular weight is 304 g/mol. The Morgan fingerprint density at radius 1 is 1.19 bits per heavy atom. The maximum atomic E-state index is 12.1. The number of alkyl halides is 3. The van der Waals surface area contributed by atoms with Crippen LogP contribution in [0.1, 0.15) is 36.5 Å². The molecule has 0 fully saturated rings. The van der Waals surface area contributed by atoms with Gasteiger partial charge >= 0.3 is 12.3 Å². The fourth-order valence-electron chi connectivity index (χ4n) is 1.64. The van der Waals surface area contributed by atoms with E-state index in [0.717, 1.165) is 12.1 Å². The highest BCUT2D eigenvalue weighted by Crippen LogP contribution is 2.23. The van der Waals surface area contributed by atoms with Gasteiger partial charge < -0.3 is 9.47 Å². The smallest absolute Gasteiger partial charge is 0.466 e. The van der Waals surface area contributed by atoms with E-state index >= 15 is 0 Å². The summed E-state index contributed by atoms with van der Waals surface area (Å²) in [6.45, 7) is 1.94. The van der Waals surface area contributed by atoms with Crippen molar-refractivity contribution in [3.63, 3.8) is 0 Å². The van der Waals surface area contributed by atoms with E-state index in [0.29, 0.717) is 0 Å². The van der Waals surface area contributed by atoms with E-state index in [9.17, 15) is 22.8 Å². The van der Waals surface area contributed by atoms with Crippen molar-refractivity contribution in [3.05, 3.63) is 29.8 Å². The van der Waals surface area contributed by atoms with Gasteiger partial charge in [0.25, 0.3) is 0 Å². The molecule has 0 aromatic heterocycles. The third-order valence-electron chi connectivity index (χ3n) is 2.48. The number of hydrogen-bond acceptors (Lipinski definition) is 4. The lowest BCUT2D eigenvalue weighted by Gasteiger charge is -2.09. The lowest BCUT2D eigenvalue weighted by atomic mass is 10.1. The molecule has 0 aliphatic carbocycles. The SMILES string of the molecule is CCOC(=O)CCCC(=O)c1cccc(OC(F)(F)F)c1. The summed E-state index contributed by atoms with van der Waals surface area (Å²) < 4.78 is 44.7. The number of esters is 1. The first kappa shape index (κ1) is 17.0. The third kappa shape index (κ3) is 6.78. The standard InChI is InChI=1S/C14H15F3O4/c1-2-20-13(19)8-4-7-12(18)10-5-3-6-11(9-10)21-14(15,16)17/h3,5-6,9H,2,4,7-8H2,1H3. The molecule has 116 valence electrons. The molecular formula is C14H15F3O4. The summed E-state index contributed by atoms with van der Waals surface area (Å²) in [5, 5.41) is 0. The minimum absolute atomic E-state index is 0.0499. The Labute approximate surface area is 119 Å². The number of hydrogen-bond donors (Lipinski definition) is 0. The summed E-state index contributed by atoms with van der Waals surface area (Å²) in [6, 6.07) is 4.85. The molecule has 4 nitrogen and oxygen atoms in total. The summed E-state index contributed by atoms with van der Waals surface area (Å²) in [5.41, 5.74) is 0.112. The van der Waals surface area contributed by atoms with Crippen LogP contribution in [0.25, 0.3) is 0 Å². The number of carbonyl (C=O) groups excluding carboxylic acids is 2. The molecule has 1 rings (SSSR count). The van der Waals surface area contributed by atoms with Crippen LogP contribution in [-0.2, 0) is 9.53 Å². The molecule has 0 aliphatic rings. The van der Waals surface area contributed by atoms with Crippen LogP contribution in [0.15, 0.2) is 24.3 Å². The van der Waals surface area contributed by atoms with E-state index < -0.39 is 18.1 Å². The molecule has 0 unspecified atom stereocenters. The number of ketones is 1. The van der Waals surface area contributed by atoms with E-state index in [4.69, 9.17) is 4.74 Å². The van der Waals surface area contributed by atoms with Gasteiger partial charge in [-0.05, 0) is 25.5 Å².